The van der Waals surface area contributed by atoms with Crippen molar-refractivity contribution in [3.05, 3.63) is 29.8 Å². The number of carbonyl (C=O) groups excluding carboxylic acids is 1. The van der Waals surface area contributed by atoms with E-state index in [2.05, 4.69) is 0 Å². The predicted octanol–water partition coefficient (Wildman–Crippen LogP) is 2.47. The molecule has 1 aromatic carbocycles. The Hall–Kier alpha value is -1.39. The number of rotatable bonds is 7. The molecule has 1 saturated carbocycles. The van der Waals surface area contributed by atoms with Gasteiger partial charge < -0.3 is 20.4 Å². The number of ether oxygens (including phenoxy) is 1. The van der Waals surface area contributed by atoms with Crippen LogP contribution in [0.15, 0.2) is 24.3 Å². The molecule has 0 spiro atoms. The number of carbonyl (C=O) groups is 1. The molecule has 0 amide bonds. The minimum absolute atomic E-state index is 0.152. The molecule has 1 atom stereocenters. The molecular formula is C18H27NO3. The Kier molecular flexibility index (Phi) is 6.40. The van der Waals surface area contributed by atoms with Crippen LogP contribution in [0.2, 0.25) is 0 Å². The summed E-state index contributed by atoms with van der Waals surface area (Å²) in [5, 5.41) is 10.6. The van der Waals surface area contributed by atoms with Crippen LogP contribution in [0.1, 0.15) is 44.1 Å². The quantitative estimate of drug-likeness (QED) is 0.599. The molecule has 4 heteroatoms. The van der Waals surface area contributed by atoms with Gasteiger partial charge in [0.15, 0.2) is 0 Å². The topological polar surface area (TPSA) is 72.6 Å². The highest BCUT2D eigenvalue weighted by Crippen LogP contribution is 2.28. The SMILES string of the molecule is NCC(C=O)Cc1cccc(OCC2(O)CCCCCC2)c1. The molecule has 3 N–H and O–H groups in total. The minimum atomic E-state index is -0.699. The normalized spacial score (nSPS) is 19.2. The molecule has 1 fully saturated rings. The van der Waals surface area contributed by atoms with E-state index in [0.29, 0.717) is 19.6 Å². The second-order valence-electron chi connectivity index (χ2n) is 6.41. The Balaban J connectivity index is 1.93. The summed E-state index contributed by atoms with van der Waals surface area (Å²) in [6, 6.07) is 7.72. The van der Waals surface area contributed by atoms with Crippen molar-refractivity contribution in [2.75, 3.05) is 13.2 Å². The summed E-state index contributed by atoms with van der Waals surface area (Å²) in [5.41, 5.74) is 5.90. The number of aldehydes is 1. The fraction of sp³-hybridized carbons (Fsp3) is 0.611. The van der Waals surface area contributed by atoms with Crippen LogP contribution < -0.4 is 10.5 Å². The van der Waals surface area contributed by atoms with E-state index in [1.807, 2.05) is 24.3 Å². The van der Waals surface area contributed by atoms with Crippen molar-refractivity contribution in [2.45, 2.75) is 50.5 Å². The molecule has 0 saturated heterocycles. The second kappa shape index (κ2) is 8.30. The Morgan fingerprint density at radius 2 is 2.00 bits per heavy atom. The molecule has 0 bridgehead atoms. The molecule has 1 aromatic rings. The van der Waals surface area contributed by atoms with Gasteiger partial charge in [0.1, 0.15) is 18.6 Å². The zero-order valence-electron chi connectivity index (χ0n) is 13.2. The first kappa shape index (κ1) is 17.0. The van der Waals surface area contributed by atoms with Crippen molar-refractivity contribution in [2.24, 2.45) is 11.7 Å². The summed E-state index contributed by atoms with van der Waals surface area (Å²) < 4.78 is 5.82. The first-order valence-electron chi connectivity index (χ1n) is 8.25. The Morgan fingerprint density at radius 1 is 1.27 bits per heavy atom. The van der Waals surface area contributed by atoms with Crippen LogP contribution in [-0.2, 0) is 11.2 Å². The van der Waals surface area contributed by atoms with Crippen molar-refractivity contribution in [3.63, 3.8) is 0 Å². The van der Waals surface area contributed by atoms with E-state index in [9.17, 15) is 9.90 Å². The molecule has 1 aliphatic carbocycles. The van der Waals surface area contributed by atoms with Gasteiger partial charge in [-0.05, 0) is 37.0 Å². The predicted molar refractivity (Wildman–Crippen MR) is 86.9 cm³/mol. The summed E-state index contributed by atoms with van der Waals surface area (Å²) in [4.78, 5) is 10.9. The molecular weight excluding hydrogens is 278 g/mol. The molecule has 0 heterocycles. The van der Waals surface area contributed by atoms with Crippen molar-refractivity contribution in [3.8, 4) is 5.75 Å². The number of hydrogen-bond acceptors (Lipinski definition) is 4. The van der Waals surface area contributed by atoms with E-state index < -0.39 is 5.60 Å². The summed E-state index contributed by atoms with van der Waals surface area (Å²) in [5.74, 6) is 0.595. The third-order valence-electron chi connectivity index (χ3n) is 4.43. The van der Waals surface area contributed by atoms with Crippen molar-refractivity contribution < 1.29 is 14.6 Å². The van der Waals surface area contributed by atoms with E-state index in [1.54, 1.807) is 0 Å². The maximum Gasteiger partial charge on any atom is 0.124 e. The Labute approximate surface area is 132 Å². The van der Waals surface area contributed by atoms with Gasteiger partial charge in [-0.1, -0.05) is 37.8 Å². The standard InChI is InChI=1S/C18H27NO3/c19-12-16(13-20)10-15-6-5-7-17(11-15)22-14-18(21)8-3-1-2-4-9-18/h5-7,11,13,16,21H,1-4,8-10,12,14,19H2. The third-order valence-corrected chi connectivity index (χ3v) is 4.43. The number of benzene rings is 1. The number of hydrogen-bond donors (Lipinski definition) is 2. The van der Waals surface area contributed by atoms with Crippen LogP contribution in [0, 0.1) is 5.92 Å². The van der Waals surface area contributed by atoms with Crippen LogP contribution >= 0.6 is 0 Å². The lowest BCUT2D eigenvalue weighted by Crippen LogP contribution is -2.35. The average Bonchev–Trinajstić information content (AvgIpc) is 2.76. The lowest BCUT2D eigenvalue weighted by molar-refractivity contribution is -0.110. The number of nitrogens with two attached hydrogens (primary N) is 1. The van der Waals surface area contributed by atoms with Gasteiger partial charge in [0.25, 0.3) is 0 Å². The van der Waals surface area contributed by atoms with Crippen LogP contribution in [0.4, 0.5) is 0 Å². The first-order chi connectivity index (χ1) is 10.6. The van der Waals surface area contributed by atoms with Gasteiger partial charge >= 0.3 is 0 Å². The molecule has 122 valence electrons. The van der Waals surface area contributed by atoms with Crippen LogP contribution in [-0.4, -0.2) is 30.1 Å². The highest BCUT2D eigenvalue weighted by atomic mass is 16.5. The molecule has 0 aliphatic heterocycles. The summed E-state index contributed by atoms with van der Waals surface area (Å²) in [6.45, 7) is 0.693. The highest BCUT2D eigenvalue weighted by molar-refractivity contribution is 5.54. The van der Waals surface area contributed by atoms with Gasteiger partial charge in [0.05, 0.1) is 5.60 Å². The van der Waals surface area contributed by atoms with E-state index >= 15 is 0 Å². The molecule has 1 aliphatic rings. The zero-order chi connectivity index (χ0) is 15.8. The third kappa shape index (κ3) is 5.11. The van der Waals surface area contributed by atoms with Crippen LogP contribution in [0.3, 0.4) is 0 Å². The highest BCUT2D eigenvalue weighted by Gasteiger charge is 2.28. The summed E-state index contributed by atoms with van der Waals surface area (Å²) in [7, 11) is 0. The molecule has 0 radical (unpaired) electrons. The molecule has 1 unspecified atom stereocenters. The van der Waals surface area contributed by atoms with Gasteiger partial charge in [-0.3, -0.25) is 0 Å². The smallest absolute Gasteiger partial charge is 0.124 e. The zero-order valence-corrected chi connectivity index (χ0v) is 13.2. The first-order valence-corrected chi connectivity index (χ1v) is 8.25. The van der Waals surface area contributed by atoms with E-state index in [-0.39, 0.29) is 5.92 Å². The lowest BCUT2D eigenvalue weighted by Gasteiger charge is -2.26. The van der Waals surface area contributed by atoms with Gasteiger partial charge in [0.2, 0.25) is 0 Å². The minimum Gasteiger partial charge on any atom is -0.491 e. The number of aliphatic hydroxyl groups is 1. The van der Waals surface area contributed by atoms with Crippen LogP contribution in [0.5, 0.6) is 5.75 Å². The molecule has 22 heavy (non-hydrogen) atoms. The Bertz CT molecular complexity index is 467. The molecule has 4 nitrogen and oxygen atoms in total. The van der Waals surface area contributed by atoms with E-state index in [0.717, 1.165) is 43.3 Å². The van der Waals surface area contributed by atoms with Gasteiger partial charge in [-0.25, -0.2) is 0 Å². The fourth-order valence-electron chi connectivity index (χ4n) is 3.00. The maximum absolute atomic E-state index is 10.9. The van der Waals surface area contributed by atoms with Crippen LogP contribution in [0.25, 0.3) is 0 Å². The maximum atomic E-state index is 10.9. The van der Waals surface area contributed by atoms with Crippen molar-refractivity contribution in [1.29, 1.82) is 0 Å². The van der Waals surface area contributed by atoms with E-state index in [1.165, 1.54) is 12.8 Å². The van der Waals surface area contributed by atoms with E-state index in [4.69, 9.17) is 10.5 Å². The monoisotopic (exact) mass is 305 g/mol. The average molecular weight is 305 g/mol. The van der Waals surface area contributed by atoms with Gasteiger partial charge in [-0.2, -0.15) is 0 Å². The molecule has 0 aromatic heterocycles. The van der Waals surface area contributed by atoms with Gasteiger partial charge in [0, 0.05) is 12.5 Å². The largest absolute Gasteiger partial charge is 0.491 e. The molecule has 2 rings (SSSR count). The summed E-state index contributed by atoms with van der Waals surface area (Å²) >= 11 is 0. The van der Waals surface area contributed by atoms with Crippen molar-refractivity contribution in [1.82, 2.24) is 0 Å². The fourth-order valence-corrected chi connectivity index (χ4v) is 3.00. The lowest BCUT2D eigenvalue weighted by atomic mass is 9.96. The van der Waals surface area contributed by atoms with Crippen molar-refractivity contribution >= 4 is 6.29 Å². The Morgan fingerprint density at radius 3 is 2.64 bits per heavy atom. The second-order valence-corrected chi connectivity index (χ2v) is 6.41. The van der Waals surface area contributed by atoms with Gasteiger partial charge in [-0.15, -0.1) is 0 Å². The summed E-state index contributed by atoms with van der Waals surface area (Å²) in [6.07, 6.45) is 7.69.